The summed E-state index contributed by atoms with van der Waals surface area (Å²) in [6.07, 6.45) is 2.02. The predicted octanol–water partition coefficient (Wildman–Crippen LogP) is 3.99. The van der Waals surface area contributed by atoms with Crippen LogP contribution in [0.25, 0.3) is 10.2 Å². The Hall–Kier alpha value is -1.94. The minimum Gasteiger partial charge on any atom is -0.383 e. The monoisotopic (exact) mass is 464 g/mol. The second-order valence-corrected chi connectivity index (χ2v) is 11.3. The molecule has 0 saturated heterocycles. The number of sulfone groups is 1. The highest BCUT2D eigenvalue weighted by molar-refractivity contribution is 7.98. The Morgan fingerprint density at radius 1 is 1.20 bits per heavy atom. The number of rotatable bonds is 7. The average Bonchev–Trinajstić information content (AvgIpc) is 3.07. The van der Waals surface area contributed by atoms with Crippen molar-refractivity contribution >= 4 is 49.1 Å². The van der Waals surface area contributed by atoms with Crippen LogP contribution in [0, 0.1) is 0 Å². The van der Waals surface area contributed by atoms with E-state index in [9.17, 15) is 13.2 Å². The van der Waals surface area contributed by atoms with Crippen LogP contribution >= 0.6 is 23.1 Å². The number of benzene rings is 2. The number of hydrogen-bond acceptors (Lipinski definition) is 6. The van der Waals surface area contributed by atoms with Crippen molar-refractivity contribution in [1.29, 1.82) is 0 Å². The summed E-state index contributed by atoms with van der Waals surface area (Å²) in [5, 5.41) is -0.520. The maximum Gasteiger partial charge on any atom is 0.279 e. The van der Waals surface area contributed by atoms with E-state index in [4.69, 9.17) is 4.74 Å². The molecular weight excluding hydrogens is 440 g/mol. The number of carbonyl (C=O) groups is 1. The minimum atomic E-state index is -3.38. The number of hydrogen-bond donors (Lipinski definition) is 0. The molecule has 0 aliphatic carbocycles. The molecule has 1 aromatic heterocycles. The molecule has 1 amide bonds. The van der Waals surface area contributed by atoms with E-state index in [1.165, 1.54) is 35.6 Å². The Morgan fingerprint density at radius 2 is 1.90 bits per heavy atom. The summed E-state index contributed by atoms with van der Waals surface area (Å²) in [5.41, 5.74) is 1.35. The molecular formula is C21H24N2O4S3. The van der Waals surface area contributed by atoms with Gasteiger partial charge in [0.05, 0.1) is 27.0 Å². The van der Waals surface area contributed by atoms with Crippen molar-refractivity contribution in [3.8, 4) is 0 Å². The Bertz CT molecular complexity index is 1220. The lowest BCUT2D eigenvalue weighted by Crippen LogP contribution is -2.19. The van der Waals surface area contributed by atoms with Gasteiger partial charge in [0.25, 0.3) is 5.91 Å². The molecule has 0 saturated carbocycles. The first kappa shape index (κ1) is 22.7. The first-order chi connectivity index (χ1) is 14.3. The number of thiazole rings is 1. The van der Waals surface area contributed by atoms with Gasteiger partial charge in [-0.25, -0.2) is 8.42 Å². The zero-order chi connectivity index (χ0) is 21.9. The predicted molar refractivity (Wildman–Crippen MR) is 122 cm³/mol. The molecule has 1 heterocycles. The van der Waals surface area contributed by atoms with Crippen LogP contribution in [0.2, 0.25) is 0 Å². The molecule has 6 nitrogen and oxygen atoms in total. The van der Waals surface area contributed by atoms with Crippen LogP contribution in [0.3, 0.4) is 0 Å². The maximum atomic E-state index is 12.8. The largest absolute Gasteiger partial charge is 0.383 e. The van der Waals surface area contributed by atoms with E-state index in [0.29, 0.717) is 23.5 Å². The van der Waals surface area contributed by atoms with E-state index in [-0.39, 0.29) is 4.90 Å². The van der Waals surface area contributed by atoms with E-state index >= 15 is 0 Å². The van der Waals surface area contributed by atoms with Gasteiger partial charge in [0.2, 0.25) is 0 Å². The lowest BCUT2D eigenvalue weighted by Gasteiger charge is -2.07. The summed E-state index contributed by atoms with van der Waals surface area (Å²) >= 11 is 3.11. The first-order valence-corrected chi connectivity index (χ1v) is 13.0. The summed E-state index contributed by atoms with van der Waals surface area (Å²) in [6, 6.07) is 12.1. The fourth-order valence-corrected chi connectivity index (χ4v) is 5.54. The van der Waals surface area contributed by atoms with Crippen LogP contribution in [-0.4, -0.2) is 44.1 Å². The van der Waals surface area contributed by atoms with Gasteiger partial charge < -0.3 is 9.30 Å². The Morgan fingerprint density at radius 3 is 2.50 bits per heavy atom. The van der Waals surface area contributed by atoms with Gasteiger partial charge in [-0.3, -0.25) is 4.79 Å². The average molecular weight is 465 g/mol. The van der Waals surface area contributed by atoms with Gasteiger partial charge in [-0.2, -0.15) is 4.99 Å². The van der Waals surface area contributed by atoms with Crippen LogP contribution in [0.4, 0.5) is 0 Å². The highest BCUT2D eigenvalue weighted by atomic mass is 32.2. The molecule has 9 heteroatoms. The number of nitrogens with zero attached hydrogens (tertiary/aromatic N) is 2. The molecule has 0 fully saturated rings. The minimum absolute atomic E-state index is 0.204. The molecule has 0 aliphatic rings. The third-order valence-electron chi connectivity index (χ3n) is 4.66. The van der Waals surface area contributed by atoms with Gasteiger partial charge in [0, 0.05) is 24.1 Å². The number of thioether (sulfide) groups is 1. The Labute approximate surface area is 184 Å². The number of carbonyl (C=O) groups excluding carboxylic acids is 1. The third kappa shape index (κ3) is 4.69. The standard InChI is InChI=1S/C21H24N2O4S3/c1-14(2)30(25,26)17-8-5-15(6-9-17)20(24)22-21-23(11-12-27-3)18-10-7-16(28-4)13-19(18)29-21/h5-10,13-14H,11-12H2,1-4H3. The van der Waals surface area contributed by atoms with Crippen molar-refractivity contribution in [3.05, 3.63) is 52.8 Å². The van der Waals surface area contributed by atoms with E-state index < -0.39 is 21.0 Å². The molecule has 3 rings (SSSR count). The fourth-order valence-electron chi connectivity index (χ4n) is 2.88. The zero-order valence-electron chi connectivity index (χ0n) is 17.3. The van der Waals surface area contributed by atoms with Crippen LogP contribution in [-0.2, 0) is 21.1 Å². The summed E-state index contributed by atoms with van der Waals surface area (Å²) in [6.45, 7) is 4.34. The third-order valence-corrected chi connectivity index (χ3v) is 8.59. The van der Waals surface area contributed by atoms with Crippen molar-refractivity contribution in [2.24, 2.45) is 4.99 Å². The molecule has 160 valence electrons. The molecule has 0 unspecified atom stereocenters. The molecule has 0 atom stereocenters. The SMILES string of the molecule is COCCn1c(=NC(=O)c2ccc(S(=O)(=O)C(C)C)cc2)sc2cc(SC)ccc21. The normalized spacial score (nSPS) is 12.8. The number of fused-ring (bicyclic) bond motifs is 1. The molecule has 2 aromatic carbocycles. The molecule has 0 spiro atoms. The lowest BCUT2D eigenvalue weighted by molar-refractivity contribution is 0.0997. The van der Waals surface area contributed by atoms with Gasteiger partial charge in [0.15, 0.2) is 14.6 Å². The zero-order valence-corrected chi connectivity index (χ0v) is 19.7. The van der Waals surface area contributed by atoms with Crippen molar-refractivity contribution in [3.63, 3.8) is 0 Å². The number of amides is 1. The van der Waals surface area contributed by atoms with Gasteiger partial charge >= 0.3 is 0 Å². The fraction of sp³-hybridized carbons (Fsp3) is 0.333. The van der Waals surface area contributed by atoms with Crippen molar-refractivity contribution < 1.29 is 17.9 Å². The van der Waals surface area contributed by atoms with Crippen molar-refractivity contribution in [2.45, 2.75) is 35.4 Å². The lowest BCUT2D eigenvalue weighted by atomic mass is 10.2. The van der Waals surface area contributed by atoms with E-state index in [2.05, 4.69) is 11.1 Å². The highest BCUT2D eigenvalue weighted by Gasteiger charge is 2.19. The quantitative estimate of drug-likeness (QED) is 0.494. The van der Waals surface area contributed by atoms with E-state index in [0.717, 1.165) is 15.1 Å². The van der Waals surface area contributed by atoms with Crippen LogP contribution < -0.4 is 4.80 Å². The summed E-state index contributed by atoms with van der Waals surface area (Å²) < 4.78 is 32.8. The van der Waals surface area contributed by atoms with Crippen molar-refractivity contribution in [1.82, 2.24) is 4.57 Å². The number of methoxy groups -OCH3 is 1. The van der Waals surface area contributed by atoms with Crippen LogP contribution in [0.15, 0.2) is 57.2 Å². The topological polar surface area (TPSA) is 77.7 Å². The molecule has 3 aromatic rings. The highest BCUT2D eigenvalue weighted by Crippen LogP contribution is 2.24. The van der Waals surface area contributed by atoms with Gasteiger partial charge in [0.1, 0.15) is 0 Å². The second kappa shape index (κ2) is 9.47. The molecule has 30 heavy (non-hydrogen) atoms. The van der Waals surface area contributed by atoms with E-state index in [1.807, 2.05) is 23.0 Å². The smallest absolute Gasteiger partial charge is 0.279 e. The van der Waals surface area contributed by atoms with Crippen LogP contribution in [0.1, 0.15) is 24.2 Å². The molecule has 0 bridgehead atoms. The van der Waals surface area contributed by atoms with E-state index in [1.54, 1.807) is 32.7 Å². The second-order valence-electron chi connectivity index (χ2n) is 6.90. The van der Waals surface area contributed by atoms with Gasteiger partial charge in [-0.15, -0.1) is 11.8 Å². The summed E-state index contributed by atoms with van der Waals surface area (Å²) in [7, 11) is -1.74. The van der Waals surface area contributed by atoms with Gasteiger partial charge in [-0.05, 0) is 62.6 Å². The number of ether oxygens (including phenoxy) is 1. The van der Waals surface area contributed by atoms with Crippen molar-refractivity contribution in [2.75, 3.05) is 20.0 Å². The molecule has 0 radical (unpaired) electrons. The number of aromatic nitrogens is 1. The first-order valence-electron chi connectivity index (χ1n) is 9.37. The molecule has 0 aliphatic heterocycles. The summed E-state index contributed by atoms with van der Waals surface area (Å²) in [4.78, 5) is 19.0. The summed E-state index contributed by atoms with van der Waals surface area (Å²) in [5.74, 6) is -0.411. The Balaban J connectivity index is 2.02. The Kier molecular flexibility index (Phi) is 7.18. The molecule has 0 N–H and O–H groups in total. The maximum absolute atomic E-state index is 12.8. The van der Waals surface area contributed by atoms with Gasteiger partial charge in [-0.1, -0.05) is 11.3 Å². The van der Waals surface area contributed by atoms with Crippen LogP contribution in [0.5, 0.6) is 0 Å².